The van der Waals surface area contributed by atoms with Crippen molar-refractivity contribution in [1.82, 2.24) is 0 Å². The van der Waals surface area contributed by atoms with E-state index >= 15 is 0 Å². The first-order chi connectivity index (χ1) is 17.8. The smallest absolute Gasteiger partial charge is 0.338 e. The van der Waals surface area contributed by atoms with E-state index in [0.29, 0.717) is 17.9 Å². The Kier molecular flexibility index (Phi) is 9.26. The molecular formula is C28H26N2O7. The molecule has 0 heterocycles. The molecule has 0 saturated heterocycles. The number of aromatic hydroxyl groups is 1. The Morgan fingerprint density at radius 2 is 1.59 bits per heavy atom. The molecule has 190 valence electrons. The van der Waals surface area contributed by atoms with E-state index in [1.807, 2.05) is 0 Å². The van der Waals surface area contributed by atoms with Gasteiger partial charge in [-0.25, -0.2) is 9.59 Å². The van der Waals surface area contributed by atoms with E-state index in [0.717, 1.165) is 0 Å². The monoisotopic (exact) mass is 502 g/mol. The van der Waals surface area contributed by atoms with Crippen molar-refractivity contribution in [3.63, 3.8) is 0 Å². The van der Waals surface area contributed by atoms with Crippen molar-refractivity contribution in [2.75, 3.05) is 19.8 Å². The molecule has 0 aliphatic heterocycles. The van der Waals surface area contributed by atoms with Crippen LogP contribution < -0.4 is 4.74 Å². The number of hydrogen-bond acceptors (Lipinski definition) is 9. The minimum absolute atomic E-state index is 0.0493. The number of phenols is 1. The Labute approximate surface area is 214 Å². The molecule has 9 nitrogen and oxygen atoms in total. The van der Waals surface area contributed by atoms with Crippen LogP contribution in [-0.2, 0) is 14.3 Å². The standard InChI is InChI=1S/C28H26N2O7/c1-4-35-25-17-24(31)22(26(32)19-9-6-5-7-10-19)16-23(25)30-29-21-12-8-11-20(15-21)28(34)37-14-13-36-27(33)18(2)3/h5-12,15-17,31H,2,4,13-14H2,1,3H3/b30-29+. The fourth-order valence-electron chi connectivity index (χ4n) is 3.12. The van der Waals surface area contributed by atoms with Crippen LogP contribution in [0.3, 0.4) is 0 Å². The van der Waals surface area contributed by atoms with Gasteiger partial charge < -0.3 is 19.3 Å². The summed E-state index contributed by atoms with van der Waals surface area (Å²) in [5, 5.41) is 18.8. The first-order valence-corrected chi connectivity index (χ1v) is 11.4. The third-order valence-corrected chi connectivity index (χ3v) is 4.91. The number of benzene rings is 3. The molecule has 0 unspecified atom stereocenters. The molecule has 0 fully saturated rings. The second-order valence-corrected chi connectivity index (χ2v) is 7.77. The van der Waals surface area contributed by atoms with E-state index in [4.69, 9.17) is 14.2 Å². The van der Waals surface area contributed by atoms with Crippen LogP contribution in [0.2, 0.25) is 0 Å². The minimum atomic E-state index is -0.626. The van der Waals surface area contributed by atoms with Crippen molar-refractivity contribution in [2.24, 2.45) is 10.2 Å². The summed E-state index contributed by atoms with van der Waals surface area (Å²) in [4.78, 5) is 36.6. The van der Waals surface area contributed by atoms with E-state index in [2.05, 4.69) is 16.8 Å². The van der Waals surface area contributed by atoms with Crippen molar-refractivity contribution in [3.8, 4) is 11.5 Å². The number of ether oxygens (including phenoxy) is 3. The van der Waals surface area contributed by atoms with Gasteiger partial charge >= 0.3 is 11.9 Å². The zero-order valence-electron chi connectivity index (χ0n) is 20.5. The summed E-state index contributed by atoms with van der Waals surface area (Å²) >= 11 is 0. The highest BCUT2D eigenvalue weighted by Crippen LogP contribution is 2.36. The molecule has 0 bridgehead atoms. The normalized spacial score (nSPS) is 10.6. The maximum absolute atomic E-state index is 12.9. The Morgan fingerprint density at radius 1 is 0.892 bits per heavy atom. The number of carbonyl (C=O) groups is 3. The predicted molar refractivity (Wildman–Crippen MR) is 136 cm³/mol. The molecule has 3 rings (SSSR count). The molecule has 0 radical (unpaired) electrons. The number of carbonyl (C=O) groups excluding carboxylic acids is 3. The molecule has 3 aromatic rings. The van der Waals surface area contributed by atoms with Crippen LogP contribution in [0, 0.1) is 0 Å². The van der Waals surface area contributed by atoms with Gasteiger partial charge in [0.05, 0.1) is 23.4 Å². The van der Waals surface area contributed by atoms with E-state index in [9.17, 15) is 19.5 Å². The van der Waals surface area contributed by atoms with Gasteiger partial charge in [-0.2, -0.15) is 5.11 Å². The summed E-state index contributed by atoms with van der Waals surface area (Å²) in [5.41, 5.74) is 1.50. The highest BCUT2D eigenvalue weighted by molar-refractivity contribution is 6.11. The highest BCUT2D eigenvalue weighted by Gasteiger charge is 2.18. The lowest BCUT2D eigenvalue weighted by Gasteiger charge is -2.10. The molecule has 3 aromatic carbocycles. The number of ketones is 1. The number of nitrogens with zero attached hydrogens (tertiary/aromatic N) is 2. The van der Waals surface area contributed by atoms with Crippen LogP contribution in [-0.4, -0.2) is 42.6 Å². The number of hydrogen-bond donors (Lipinski definition) is 1. The second kappa shape index (κ2) is 12.8. The highest BCUT2D eigenvalue weighted by atomic mass is 16.6. The Hall–Kier alpha value is -4.79. The molecule has 0 saturated carbocycles. The van der Waals surface area contributed by atoms with Crippen molar-refractivity contribution >= 4 is 29.1 Å². The van der Waals surface area contributed by atoms with Gasteiger partial charge in [0.25, 0.3) is 0 Å². The lowest BCUT2D eigenvalue weighted by atomic mass is 10.0. The molecule has 9 heteroatoms. The van der Waals surface area contributed by atoms with Crippen LogP contribution in [0.4, 0.5) is 11.4 Å². The van der Waals surface area contributed by atoms with Gasteiger partial charge in [-0.3, -0.25) is 4.79 Å². The zero-order valence-corrected chi connectivity index (χ0v) is 20.5. The van der Waals surface area contributed by atoms with Gasteiger partial charge in [0.15, 0.2) is 11.5 Å². The first kappa shape index (κ1) is 26.8. The summed E-state index contributed by atoms with van der Waals surface area (Å²) in [6.07, 6.45) is 0. The van der Waals surface area contributed by atoms with Crippen LogP contribution >= 0.6 is 0 Å². The number of azo groups is 1. The maximum atomic E-state index is 12.9. The average Bonchev–Trinajstić information content (AvgIpc) is 2.90. The Balaban J connectivity index is 1.78. The minimum Gasteiger partial charge on any atom is -0.507 e. The van der Waals surface area contributed by atoms with Gasteiger partial charge in [0.2, 0.25) is 0 Å². The molecule has 0 aliphatic rings. The van der Waals surface area contributed by atoms with Gasteiger partial charge in [-0.15, -0.1) is 5.11 Å². The van der Waals surface area contributed by atoms with Crippen LogP contribution in [0.15, 0.2) is 89.1 Å². The molecule has 0 atom stereocenters. The zero-order chi connectivity index (χ0) is 26.8. The van der Waals surface area contributed by atoms with Crippen molar-refractivity contribution in [2.45, 2.75) is 13.8 Å². The summed E-state index contributed by atoms with van der Waals surface area (Å²) in [5.74, 6) is -1.56. The van der Waals surface area contributed by atoms with Crippen LogP contribution in [0.5, 0.6) is 11.5 Å². The quantitative estimate of drug-likeness (QED) is 0.117. The lowest BCUT2D eigenvalue weighted by molar-refractivity contribution is -0.140. The molecule has 1 N–H and O–H groups in total. The van der Waals surface area contributed by atoms with Crippen LogP contribution in [0.1, 0.15) is 40.1 Å². The molecule has 0 aliphatic carbocycles. The van der Waals surface area contributed by atoms with E-state index in [1.165, 1.54) is 25.1 Å². The number of phenolic OH excluding ortho intramolecular Hbond substituents is 1. The SMILES string of the molecule is C=C(C)C(=O)OCCOC(=O)c1cccc(/N=N/c2cc(C(=O)c3ccccc3)c(O)cc2OCC)c1. The molecule has 0 amide bonds. The fraction of sp³-hybridized carbons (Fsp3) is 0.179. The number of rotatable bonds is 11. The summed E-state index contributed by atoms with van der Waals surface area (Å²) in [6.45, 7) is 6.86. The third-order valence-electron chi connectivity index (χ3n) is 4.91. The summed E-state index contributed by atoms with van der Waals surface area (Å²) in [7, 11) is 0. The Morgan fingerprint density at radius 3 is 2.30 bits per heavy atom. The third kappa shape index (κ3) is 7.35. The first-order valence-electron chi connectivity index (χ1n) is 11.4. The molecule has 37 heavy (non-hydrogen) atoms. The van der Waals surface area contributed by atoms with Crippen LogP contribution in [0.25, 0.3) is 0 Å². The number of esters is 2. The van der Waals surface area contributed by atoms with Gasteiger partial charge in [-0.1, -0.05) is 43.0 Å². The molecule has 0 aromatic heterocycles. The predicted octanol–water partition coefficient (Wildman–Crippen LogP) is 5.71. The molecular weight excluding hydrogens is 476 g/mol. The van der Waals surface area contributed by atoms with Crippen molar-refractivity contribution in [1.29, 1.82) is 0 Å². The van der Waals surface area contributed by atoms with E-state index in [1.54, 1.807) is 55.5 Å². The maximum Gasteiger partial charge on any atom is 0.338 e. The lowest BCUT2D eigenvalue weighted by Crippen LogP contribution is -2.14. The van der Waals surface area contributed by atoms with E-state index < -0.39 is 11.9 Å². The fourth-order valence-corrected chi connectivity index (χ4v) is 3.12. The topological polar surface area (TPSA) is 124 Å². The Bertz CT molecular complexity index is 1330. The van der Waals surface area contributed by atoms with Crippen molar-refractivity contribution in [3.05, 3.63) is 95.6 Å². The van der Waals surface area contributed by atoms with E-state index in [-0.39, 0.29) is 52.9 Å². The average molecular weight is 503 g/mol. The largest absolute Gasteiger partial charge is 0.507 e. The van der Waals surface area contributed by atoms with Gasteiger partial charge in [0.1, 0.15) is 24.7 Å². The van der Waals surface area contributed by atoms with Gasteiger partial charge in [-0.05, 0) is 38.1 Å². The van der Waals surface area contributed by atoms with Crippen molar-refractivity contribution < 1.29 is 33.7 Å². The van der Waals surface area contributed by atoms with Gasteiger partial charge in [0, 0.05) is 17.2 Å². The molecule has 0 spiro atoms. The second-order valence-electron chi connectivity index (χ2n) is 7.77. The summed E-state index contributed by atoms with van der Waals surface area (Å²) < 4.78 is 15.6. The summed E-state index contributed by atoms with van der Waals surface area (Å²) in [6, 6.07) is 17.5.